The maximum absolute atomic E-state index is 12.7. The first-order chi connectivity index (χ1) is 12.5. The maximum Gasteiger partial charge on any atom is 0.416 e. The molecule has 0 bridgehead atoms. The minimum absolute atomic E-state index is 0. The minimum Gasteiger partial charge on any atom is -0.320 e. The predicted octanol–water partition coefficient (Wildman–Crippen LogP) is 4.34. The summed E-state index contributed by atoms with van der Waals surface area (Å²) in [6.45, 7) is 3.92. The third-order valence-corrected chi connectivity index (χ3v) is 5.12. The Morgan fingerprint density at radius 3 is 2.44 bits per heavy atom. The van der Waals surface area contributed by atoms with Gasteiger partial charge in [0.2, 0.25) is 0 Å². The van der Waals surface area contributed by atoms with E-state index in [0.29, 0.717) is 0 Å². The summed E-state index contributed by atoms with van der Waals surface area (Å²) in [4.78, 5) is 2.40. The number of aromatic amines is 1. The highest BCUT2D eigenvalue weighted by Gasteiger charge is 2.30. The smallest absolute Gasteiger partial charge is 0.320 e. The van der Waals surface area contributed by atoms with Crippen molar-refractivity contribution in [3.63, 3.8) is 0 Å². The summed E-state index contributed by atoms with van der Waals surface area (Å²) in [6, 6.07) is 5.24. The van der Waals surface area contributed by atoms with Crippen LogP contribution < -0.4 is 5.32 Å². The van der Waals surface area contributed by atoms with Crippen molar-refractivity contribution in [1.82, 2.24) is 20.4 Å². The van der Waals surface area contributed by atoms with E-state index in [1.807, 2.05) is 7.05 Å². The summed E-state index contributed by atoms with van der Waals surface area (Å²) in [5.41, 5.74) is 1.93. The Bertz CT molecular complexity index is 692. The molecule has 27 heavy (non-hydrogen) atoms. The first-order valence-corrected chi connectivity index (χ1v) is 9.04. The fourth-order valence-electron chi connectivity index (χ4n) is 3.53. The van der Waals surface area contributed by atoms with Gasteiger partial charge in [0, 0.05) is 12.1 Å². The predicted molar refractivity (Wildman–Crippen MR) is 103 cm³/mol. The zero-order valence-corrected chi connectivity index (χ0v) is 16.2. The summed E-state index contributed by atoms with van der Waals surface area (Å²) < 4.78 is 38.2. The van der Waals surface area contributed by atoms with Crippen LogP contribution in [0.25, 0.3) is 11.3 Å². The molecule has 3 rings (SSSR count). The molecule has 8 heteroatoms. The second kappa shape index (κ2) is 9.57. The van der Waals surface area contributed by atoms with E-state index in [1.54, 1.807) is 6.20 Å². The van der Waals surface area contributed by atoms with E-state index in [-0.39, 0.29) is 12.4 Å². The highest BCUT2D eigenvalue weighted by molar-refractivity contribution is 5.85. The molecular formula is C19H26ClF3N4. The summed E-state index contributed by atoms with van der Waals surface area (Å²) in [7, 11) is 1.98. The van der Waals surface area contributed by atoms with Gasteiger partial charge in [-0.1, -0.05) is 12.1 Å². The Hall–Kier alpha value is -1.57. The van der Waals surface area contributed by atoms with E-state index in [9.17, 15) is 13.2 Å². The molecule has 2 heterocycles. The highest BCUT2D eigenvalue weighted by atomic mass is 35.5. The molecule has 1 aliphatic rings. The number of hydrogen-bond acceptors (Lipinski definition) is 3. The van der Waals surface area contributed by atoms with Crippen LogP contribution in [0.15, 0.2) is 30.5 Å². The summed E-state index contributed by atoms with van der Waals surface area (Å²) in [5.74, 6) is 0.775. The van der Waals surface area contributed by atoms with Crippen molar-refractivity contribution in [3.05, 3.63) is 41.6 Å². The van der Waals surface area contributed by atoms with Gasteiger partial charge in [-0.2, -0.15) is 18.3 Å². The van der Waals surface area contributed by atoms with Gasteiger partial charge in [0.25, 0.3) is 0 Å². The van der Waals surface area contributed by atoms with E-state index in [2.05, 4.69) is 20.4 Å². The van der Waals surface area contributed by atoms with Gasteiger partial charge in [-0.25, -0.2) is 0 Å². The Labute approximate surface area is 163 Å². The molecule has 2 N–H and O–H groups in total. The average molecular weight is 403 g/mol. The van der Waals surface area contributed by atoms with E-state index < -0.39 is 11.7 Å². The van der Waals surface area contributed by atoms with Gasteiger partial charge >= 0.3 is 6.18 Å². The van der Waals surface area contributed by atoms with Crippen LogP contribution in [0.2, 0.25) is 0 Å². The standard InChI is InChI=1S/C19H25F3N4.ClH/c1-23-9-6-14-7-10-26(11-8-14)13-16-12-24-25-18(16)15-2-4-17(5-3-15)19(20,21)22;/h2-5,12,14,23H,6-11,13H2,1H3,(H,24,25);1H. The van der Waals surface area contributed by atoms with Gasteiger partial charge in [-0.3, -0.25) is 10.00 Å². The fraction of sp³-hybridized carbons (Fsp3) is 0.526. The van der Waals surface area contributed by atoms with Gasteiger partial charge in [0.05, 0.1) is 17.5 Å². The molecule has 0 aliphatic carbocycles. The quantitative estimate of drug-likeness (QED) is 0.755. The molecular weight excluding hydrogens is 377 g/mol. The lowest BCUT2D eigenvalue weighted by Gasteiger charge is -2.31. The van der Waals surface area contributed by atoms with Crippen molar-refractivity contribution < 1.29 is 13.2 Å². The fourth-order valence-corrected chi connectivity index (χ4v) is 3.53. The van der Waals surface area contributed by atoms with E-state index in [0.717, 1.165) is 61.1 Å². The number of hydrogen-bond donors (Lipinski definition) is 2. The number of aromatic nitrogens is 2. The summed E-state index contributed by atoms with van der Waals surface area (Å²) in [6.07, 6.45) is 1.06. The number of rotatable bonds is 6. The number of benzene rings is 1. The van der Waals surface area contributed by atoms with Crippen LogP contribution in [0.3, 0.4) is 0 Å². The molecule has 0 atom stereocenters. The molecule has 0 amide bonds. The zero-order chi connectivity index (χ0) is 18.6. The normalized spacial score (nSPS) is 16.3. The maximum atomic E-state index is 12.7. The number of nitrogens with zero attached hydrogens (tertiary/aromatic N) is 2. The molecule has 1 aromatic carbocycles. The van der Waals surface area contributed by atoms with Crippen LogP contribution in [0.5, 0.6) is 0 Å². The first kappa shape index (κ1) is 21.7. The zero-order valence-electron chi connectivity index (χ0n) is 15.4. The van der Waals surface area contributed by atoms with Crippen molar-refractivity contribution in [2.45, 2.75) is 32.0 Å². The van der Waals surface area contributed by atoms with Crippen LogP contribution >= 0.6 is 12.4 Å². The van der Waals surface area contributed by atoms with Crippen LogP contribution in [0, 0.1) is 5.92 Å². The largest absolute Gasteiger partial charge is 0.416 e. The van der Waals surface area contributed by atoms with Gasteiger partial charge < -0.3 is 5.32 Å². The summed E-state index contributed by atoms with van der Waals surface area (Å²) >= 11 is 0. The number of alkyl halides is 3. The number of halogens is 4. The number of nitrogens with one attached hydrogen (secondary N) is 2. The molecule has 0 radical (unpaired) electrons. The topological polar surface area (TPSA) is 44.0 Å². The SMILES string of the molecule is CNCCC1CCN(Cc2cn[nH]c2-c2ccc(C(F)(F)F)cc2)CC1.Cl. The van der Waals surface area contributed by atoms with E-state index in [4.69, 9.17) is 0 Å². The molecule has 0 unspecified atom stereocenters. The number of piperidine rings is 1. The molecule has 1 aliphatic heterocycles. The molecule has 1 aromatic heterocycles. The number of likely N-dealkylation sites (tertiary alicyclic amines) is 1. The second-order valence-corrected chi connectivity index (χ2v) is 6.96. The number of H-pyrrole nitrogens is 1. The van der Waals surface area contributed by atoms with Gasteiger partial charge in [0.15, 0.2) is 0 Å². The first-order valence-electron chi connectivity index (χ1n) is 9.04. The lowest BCUT2D eigenvalue weighted by atomic mass is 9.93. The lowest BCUT2D eigenvalue weighted by Crippen LogP contribution is -2.34. The highest BCUT2D eigenvalue weighted by Crippen LogP contribution is 2.31. The minimum atomic E-state index is -4.31. The van der Waals surface area contributed by atoms with Crippen molar-refractivity contribution in [3.8, 4) is 11.3 Å². The molecule has 150 valence electrons. The Balaban J connectivity index is 0.00000261. The van der Waals surface area contributed by atoms with Crippen molar-refractivity contribution in [2.24, 2.45) is 5.92 Å². The van der Waals surface area contributed by atoms with Crippen LogP contribution in [0.4, 0.5) is 13.2 Å². The van der Waals surface area contributed by atoms with Crippen molar-refractivity contribution >= 4 is 12.4 Å². The van der Waals surface area contributed by atoms with Crippen molar-refractivity contribution in [1.29, 1.82) is 0 Å². The van der Waals surface area contributed by atoms with Crippen molar-refractivity contribution in [2.75, 3.05) is 26.7 Å². The lowest BCUT2D eigenvalue weighted by molar-refractivity contribution is -0.137. The Morgan fingerprint density at radius 1 is 1.19 bits per heavy atom. The van der Waals surface area contributed by atoms with Crippen LogP contribution in [-0.4, -0.2) is 41.8 Å². The summed E-state index contributed by atoms with van der Waals surface area (Å²) in [5, 5.41) is 10.3. The van der Waals surface area contributed by atoms with Crippen LogP contribution in [0.1, 0.15) is 30.4 Å². The molecule has 4 nitrogen and oxygen atoms in total. The van der Waals surface area contributed by atoms with E-state index >= 15 is 0 Å². The third kappa shape index (κ3) is 5.70. The molecule has 1 saturated heterocycles. The van der Waals surface area contributed by atoms with Gasteiger partial charge in [-0.15, -0.1) is 12.4 Å². The Morgan fingerprint density at radius 2 is 1.85 bits per heavy atom. The third-order valence-electron chi connectivity index (χ3n) is 5.12. The average Bonchev–Trinajstić information content (AvgIpc) is 3.08. The van der Waals surface area contributed by atoms with Gasteiger partial charge in [0.1, 0.15) is 0 Å². The monoisotopic (exact) mass is 402 g/mol. The van der Waals surface area contributed by atoms with Crippen LogP contribution in [-0.2, 0) is 12.7 Å². The molecule has 1 fully saturated rings. The van der Waals surface area contributed by atoms with E-state index in [1.165, 1.54) is 31.4 Å². The Kier molecular flexibility index (Phi) is 7.70. The molecule has 0 saturated carbocycles. The molecule has 2 aromatic rings. The molecule has 0 spiro atoms. The van der Waals surface area contributed by atoms with Gasteiger partial charge in [-0.05, 0) is 69.6 Å². The second-order valence-electron chi connectivity index (χ2n) is 6.96.